The highest BCUT2D eigenvalue weighted by Gasteiger charge is 2.25. The van der Waals surface area contributed by atoms with Crippen LogP contribution in [0.5, 0.6) is 0 Å². The average Bonchev–Trinajstić information content (AvgIpc) is 3.41. The molecule has 0 atom stereocenters. The Hall–Kier alpha value is -3.05. The van der Waals surface area contributed by atoms with E-state index in [1.165, 1.54) is 47.9 Å². The summed E-state index contributed by atoms with van der Waals surface area (Å²) in [4.78, 5) is 28.1. The van der Waals surface area contributed by atoms with Gasteiger partial charge in [-0.15, -0.1) is 11.3 Å². The molecule has 29 heavy (non-hydrogen) atoms. The van der Waals surface area contributed by atoms with Crippen molar-refractivity contribution in [3.63, 3.8) is 0 Å². The standard InChI is InChI=1S/C18H17N5O4S2/c24-16(11-23-17(25)8-7-15(21-23)12-1-2-12)20-13-3-5-14(6-4-13)29(26,27)22-18-19-9-10-28-18/h3-10,12H,1-2,11H2,(H,19,22)(H,20,24). The number of rotatable bonds is 7. The van der Waals surface area contributed by atoms with Gasteiger partial charge >= 0.3 is 0 Å². The van der Waals surface area contributed by atoms with Gasteiger partial charge in [0.2, 0.25) is 5.91 Å². The first-order valence-electron chi connectivity index (χ1n) is 8.81. The van der Waals surface area contributed by atoms with E-state index >= 15 is 0 Å². The van der Waals surface area contributed by atoms with Crippen LogP contribution in [0.25, 0.3) is 0 Å². The maximum atomic E-state index is 12.3. The predicted molar refractivity (Wildman–Crippen MR) is 108 cm³/mol. The van der Waals surface area contributed by atoms with Gasteiger partial charge < -0.3 is 5.32 Å². The molecule has 2 aromatic heterocycles. The average molecular weight is 431 g/mol. The lowest BCUT2D eigenvalue weighted by molar-refractivity contribution is -0.117. The van der Waals surface area contributed by atoms with Crippen LogP contribution in [0.4, 0.5) is 10.8 Å². The largest absolute Gasteiger partial charge is 0.324 e. The second-order valence-corrected chi connectivity index (χ2v) is 9.12. The van der Waals surface area contributed by atoms with E-state index in [4.69, 9.17) is 0 Å². The normalized spacial score (nSPS) is 13.8. The summed E-state index contributed by atoms with van der Waals surface area (Å²) < 4.78 is 28.2. The zero-order chi connectivity index (χ0) is 20.4. The van der Waals surface area contributed by atoms with Crippen molar-refractivity contribution in [2.45, 2.75) is 30.2 Å². The fraction of sp³-hybridized carbons (Fsp3) is 0.222. The van der Waals surface area contributed by atoms with E-state index in [9.17, 15) is 18.0 Å². The maximum Gasteiger partial charge on any atom is 0.267 e. The maximum absolute atomic E-state index is 12.3. The first-order valence-corrected chi connectivity index (χ1v) is 11.2. The molecule has 0 bridgehead atoms. The third-order valence-electron chi connectivity index (χ3n) is 4.28. The number of carbonyl (C=O) groups is 1. The highest BCUT2D eigenvalue weighted by molar-refractivity contribution is 7.93. The van der Waals surface area contributed by atoms with Gasteiger partial charge in [-0.05, 0) is 43.2 Å². The Balaban J connectivity index is 1.41. The Labute approximate surface area is 170 Å². The van der Waals surface area contributed by atoms with Gasteiger partial charge in [-0.3, -0.25) is 14.3 Å². The molecule has 4 rings (SSSR count). The molecule has 2 N–H and O–H groups in total. The molecule has 1 fully saturated rings. The summed E-state index contributed by atoms with van der Waals surface area (Å²) in [6, 6.07) is 8.83. The summed E-state index contributed by atoms with van der Waals surface area (Å²) in [5.41, 5.74) is 0.883. The monoisotopic (exact) mass is 431 g/mol. The number of thiazole rings is 1. The molecule has 1 amide bonds. The minimum absolute atomic E-state index is 0.0423. The summed E-state index contributed by atoms with van der Waals surface area (Å²) in [5.74, 6) is -0.0542. The van der Waals surface area contributed by atoms with Gasteiger partial charge in [0.25, 0.3) is 15.6 Å². The zero-order valence-corrected chi connectivity index (χ0v) is 16.7. The number of hydrogen-bond donors (Lipinski definition) is 2. The fourth-order valence-corrected chi connectivity index (χ4v) is 4.47. The Kier molecular flexibility index (Phi) is 5.16. The molecule has 0 unspecified atom stereocenters. The molecule has 11 heteroatoms. The molecular weight excluding hydrogens is 414 g/mol. The number of aromatic nitrogens is 3. The molecule has 0 spiro atoms. The second kappa shape index (κ2) is 7.76. The van der Waals surface area contributed by atoms with Crippen LogP contribution >= 0.6 is 11.3 Å². The van der Waals surface area contributed by atoms with E-state index in [1.54, 1.807) is 11.4 Å². The number of nitrogens with one attached hydrogen (secondary N) is 2. The highest BCUT2D eigenvalue weighted by atomic mass is 32.2. The van der Waals surface area contributed by atoms with Crippen LogP contribution in [0, 0.1) is 0 Å². The number of anilines is 2. The first-order chi connectivity index (χ1) is 13.9. The van der Waals surface area contributed by atoms with Crippen molar-refractivity contribution in [2.75, 3.05) is 10.0 Å². The van der Waals surface area contributed by atoms with Crippen LogP contribution in [-0.2, 0) is 21.4 Å². The van der Waals surface area contributed by atoms with Crippen molar-refractivity contribution in [1.82, 2.24) is 14.8 Å². The van der Waals surface area contributed by atoms with Crippen LogP contribution in [0.2, 0.25) is 0 Å². The number of amides is 1. The number of nitrogens with zero attached hydrogens (tertiary/aromatic N) is 3. The van der Waals surface area contributed by atoms with E-state index in [0.717, 1.165) is 23.2 Å². The molecule has 1 saturated carbocycles. The number of benzene rings is 1. The van der Waals surface area contributed by atoms with E-state index in [2.05, 4.69) is 20.1 Å². The predicted octanol–water partition coefficient (Wildman–Crippen LogP) is 2.02. The molecule has 2 heterocycles. The number of sulfonamides is 1. The first kappa shape index (κ1) is 19.3. The fourth-order valence-electron chi connectivity index (χ4n) is 2.68. The van der Waals surface area contributed by atoms with E-state index in [1.807, 2.05) is 0 Å². The van der Waals surface area contributed by atoms with Crippen molar-refractivity contribution < 1.29 is 13.2 Å². The third-order valence-corrected chi connectivity index (χ3v) is 6.45. The van der Waals surface area contributed by atoms with E-state index < -0.39 is 15.9 Å². The summed E-state index contributed by atoms with van der Waals surface area (Å²) in [6.45, 7) is -0.217. The lowest BCUT2D eigenvalue weighted by Crippen LogP contribution is -2.29. The van der Waals surface area contributed by atoms with Gasteiger partial charge in [0.15, 0.2) is 5.13 Å². The lowest BCUT2D eigenvalue weighted by Gasteiger charge is -2.09. The highest BCUT2D eigenvalue weighted by Crippen LogP contribution is 2.38. The van der Waals surface area contributed by atoms with E-state index in [-0.39, 0.29) is 22.1 Å². The van der Waals surface area contributed by atoms with E-state index in [0.29, 0.717) is 11.6 Å². The van der Waals surface area contributed by atoms with Crippen LogP contribution in [-0.4, -0.2) is 29.1 Å². The molecule has 0 aliphatic heterocycles. The van der Waals surface area contributed by atoms with Gasteiger partial charge in [-0.1, -0.05) is 0 Å². The minimum atomic E-state index is -3.76. The Morgan fingerprint density at radius 3 is 2.59 bits per heavy atom. The zero-order valence-electron chi connectivity index (χ0n) is 15.1. The quantitative estimate of drug-likeness (QED) is 0.590. The van der Waals surface area contributed by atoms with Crippen LogP contribution in [0.3, 0.4) is 0 Å². The molecular formula is C18H17N5O4S2. The molecule has 1 aliphatic rings. The lowest BCUT2D eigenvalue weighted by atomic mass is 10.3. The van der Waals surface area contributed by atoms with Crippen molar-refractivity contribution in [3.8, 4) is 0 Å². The SMILES string of the molecule is O=C(Cn1nc(C2CC2)ccc1=O)Nc1ccc(S(=O)(=O)Nc2nccs2)cc1. The Morgan fingerprint density at radius 2 is 1.93 bits per heavy atom. The topological polar surface area (TPSA) is 123 Å². The van der Waals surface area contributed by atoms with Crippen LogP contribution in [0.1, 0.15) is 24.5 Å². The molecule has 9 nitrogen and oxygen atoms in total. The summed E-state index contributed by atoms with van der Waals surface area (Å²) in [5, 5.41) is 8.83. The Morgan fingerprint density at radius 1 is 1.17 bits per heavy atom. The van der Waals surface area contributed by atoms with Gasteiger partial charge in [0.05, 0.1) is 10.6 Å². The Bertz CT molecular complexity index is 1180. The molecule has 1 aliphatic carbocycles. The second-order valence-electron chi connectivity index (χ2n) is 6.54. The molecule has 150 valence electrons. The third kappa shape index (κ3) is 4.69. The van der Waals surface area contributed by atoms with Crippen molar-refractivity contribution >= 4 is 38.1 Å². The molecule has 1 aromatic carbocycles. The summed E-state index contributed by atoms with van der Waals surface area (Å²) >= 11 is 1.17. The van der Waals surface area contributed by atoms with Crippen molar-refractivity contribution in [1.29, 1.82) is 0 Å². The van der Waals surface area contributed by atoms with Gasteiger partial charge in [-0.25, -0.2) is 18.1 Å². The molecule has 3 aromatic rings. The van der Waals surface area contributed by atoms with Crippen molar-refractivity contribution in [2.24, 2.45) is 0 Å². The summed E-state index contributed by atoms with van der Waals surface area (Å²) in [7, 11) is -3.76. The smallest absolute Gasteiger partial charge is 0.267 e. The van der Waals surface area contributed by atoms with Crippen LogP contribution < -0.4 is 15.6 Å². The minimum Gasteiger partial charge on any atom is -0.324 e. The van der Waals surface area contributed by atoms with Crippen LogP contribution in [0.15, 0.2) is 57.7 Å². The van der Waals surface area contributed by atoms with Gasteiger partial charge in [-0.2, -0.15) is 5.10 Å². The summed E-state index contributed by atoms with van der Waals surface area (Å²) in [6.07, 6.45) is 3.59. The number of hydrogen-bond acceptors (Lipinski definition) is 7. The van der Waals surface area contributed by atoms with Crippen molar-refractivity contribution in [3.05, 3.63) is 64.0 Å². The number of carbonyl (C=O) groups excluding carboxylic acids is 1. The van der Waals surface area contributed by atoms with Gasteiger partial charge in [0.1, 0.15) is 6.54 Å². The molecule has 0 saturated heterocycles. The molecule has 0 radical (unpaired) electrons. The van der Waals surface area contributed by atoms with Gasteiger partial charge in [0, 0.05) is 29.2 Å².